The summed E-state index contributed by atoms with van der Waals surface area (Å²) in [7, 11) is 0. The molecule has 2 aromatic heterocycles. The Kier molecular flexibility index (Phi) is 4.09. The van der Waals surface area contributed by atoms with Gasteiger partial charge in [-0.15, -0.1) is 0 Å². The quantitative estimate of drug-likeness (QED) is 0.848. The second-order valence-corrected chi connectivity index (χ2v) is 5.63. The van der Waals surface area contributed by atoms with E-state index in [9.17, 15) is 9.90 Å². The Morgan fingerprint density at radius 3 is 2.90 bits per heavy atom. The minimum absolute atomic E-state index is 0.405. The Morgan fingerprint density at radius 1 is 1.50 bits per heavy atom. The Hall–Kier alpha value is -1.88. The van der Waals surface area contributed by atoms with E-state index >= 15 is 0 Å². The van der Waals surface area contributed by atoms with Gasteiger partial charge in [0.05, 0.1) is 5.41 Å². The van der Waals surface area contributed by atoms with E-state index < -0.39 is 11.4 Å². The van der Waals surface area contributed by atoms with Crippen LogP contribution in [0.4, 0.5) is 0 Å². The van der Waals surface area contributed by atoms with Gasteiger partial charge in [-0.1, -0.05) is 6.92 Å². The molecule has 0 amide bonds. The molecule has 5 heteroatoms. The fraction of sp³-hybridized carbons (Fsp3) is 0.467. The number of hydrogen-bond donors (Lipinski definition) is 2. The molecule has 0 aliphatic rings. The van der Waals surface area contributed by atoms with Crippen LogP contribution in [0.15, 0.2) is 24.5 Å². The van der Waals surface area contributed by atoms with E-state index in [1.165, 1.54) is 0 Å². The summed E-state index contributed by atoms with van der Waals surface area (Å²) in [5, 5.41) is 13.7. The van der Waals surface area contributed by atoms with Gasteiger partial charge in [-0.25, -0.2) is 4.98 Å². The number of fused-ring (bicyclic) bond motifs is 1. The van der Waals surface area contributed by atoms with E-state index in [0.29, 0.717) is 6.54 Å². The van der Waals surface area contributed by atoms with E-state index in [2.05, 4.69) is 17.2 Å². The van der Waals surface area contributed by atoms with E-state index in [-0.39, 0.29) is 0 Å². The predicted molar refractivity (Wildman–Crippen MR) is 78.5 cm³/mol. The van der Waals surface area contributed by atoms with Crippen molar-refractivity contribution < 1.29 is 9.90 Å². The van der Waals surface area contributed by atoms with Crippen molar-refractivity contribution in [3.05, 3.63) is 30.1 Å². The summed E-state index contributed by atoms with van der Waals surface area (Å²) in [5.74, 6) is -0.802. The molecule has 2 aromatic rings. The molecule has 2 rings (SSSR count). The maximum absolute atomic E-state index is 11.3. The van der Waals surface area contributed by atoms with Crippen molar-refractivity contribution in [2.45, 2.75) is 33.9 Å². The third-order valence-electron chi connectivity index (χ3n) is 3.43. The fourth-order valence-corrected chi connectivity index (χ4v) is 2.21. The molecule has 0 fully saturated rings. The molecular formula is C15H21N3O2. The van der Waals surface area contributed by atoms with E-state index in [0.717, 1.165) is 29.7 Å². The average molecular weight is 275 g/mol. The van der Waals surface area contributed by atoms with Gasteiger partial charge in [-0.2, -0.15) is 0 Å². The standard InChI is InChI=1S/C15H21N3O2/c1-4-16-8-11-9-18(10-15(2,3)14(19)20)13-12(11)6-5-7-17-13/h5-7,9,16H,4,8,10H2,1-3H3,(H,19,20). The van der Waals surface area contributed by atoms with Crippen LogP contribution in [-0.4, -0.2) is 27.2 Å². The molecule has 20 heavy (non-hydrogen) atoms. The smallest absolute Gasteiger partial charge is 0.310 e. The summed E-state index contributed by atoms with van der Waals surface area (Å²) in [5.41, 5.74) is 1.17. The maximum Gasteiger partial charge on any atom is 0.310 e. The molecule has 108 valence electrons. The van der Waals surface area contributed by atoms with E-state index in [4.69, 9.17) is 0 Å². The van der Waals surface area contributed by atoms with Gasteiger partial charge in [0, 0.05) is 30.9 Å². The summed E-state index contributed by atoms with van der Waals surface area (Å²) in [6, 6.07) is 3.93. The molecule has 0 radical (unpaired) electrons. The van der Waals surface area contributed by atoms with Crippen LogP contribution in [-0.2, 0) is 17.9 Å². The average Bonchev–Trinajstić information content (AvgIpc) is 2.74. The molecular weight excluding hydrogens is 254 g/mol. The van der Waals surface area contributed by atoms with Crippen molar-refractivity contribution in [3.8, 4) is 0 Å². The lowest BCUT2D eigenvalue weighted by molar-refractivity contribution is -0.147. The first-order chi connectivity index (χ1) is 9.45. The van der Waals surface area contributed by atoms with Crippen LogP contribution in [0.1, 0.15) is 26.3 Å². The number of pyridine rings is 1. The van der Waals surface area contributed by atoms with Gasteiger partial charge >= 0.3 is 5.97 Å². The highest BCUT2D eigenvalue weighted by molar-refractivity contribution is 5.81. The Bertz CT molecular complexity index is 617. The molecule has 0 spiro atoms. The molecule has 0 bridgehead atoms. The number of carbonyl (C=O) groups is 1. The lowest BCUT2D eigenvalue weighted by Gasteiger charge is -2.20. The molecule has 0 saturated carbocycles. The summed E-state index contributed by atoms with van der Waals surface area (Å²) in [6.45, 7) is 7.59. The normalized spacial score (nSPS) is 11.9. The van der Waals surface area contributed by atoms with Crippen LogP contribution in [0.25, 0.3) is 11.0 Å². The third kappa shape index (κ3) is 2.82. The first-order valence-corrected chi connectivity index (χ1v) is 6.82. The third-order valence-corrected chi connectivity index (χ3v) is 3.43. The number of aromatic nitrogens is 2. The Morgan fingerprint density at radius 2 is 2.25 bits per heavy atom. The molecule has 0 atom stereocenters. The van der Waals surface area contributed by atoms with Crippen molar-refractivity contribution in [1.82, 2.24) is 14.9 Å². The molecule has 0 saturated heterocycles. The van der Waals surface area contributed by atoms with Crippen molar-refractivity contribution in [3.63, 3.8) is 0 Å². The summed E-state index contributed by atoms with van der Waals surface area (Å²) < 4.78 is 1.94. The predicted octanol–water partition coefficient (Wildman–Crippen LogP) is 2.26. The fourth-order valence-electron chi connectivity index (χ4n) is 2.21. The largest absolute Gasteiger partial charge is 0.481 e. The molecule has 0 aliphatic carbocycles. The van der Waals surface area contributed by atoms with Crippen LogP contribution in [0.2, 0.25) is 0 Å². The van der Waals surface area contributed by atoms with Gasteiger partial charge < -0.3 is 15.0 Å². The van der Waals surface area contributed by atoms with Gasteiger partial charge in [0.2, 0.25) is 0 Å². The maximum atomic E-state index is 11.3. The van der Waals surface area contributed by atoms with Crippen LogP contribution in [0.5, 0.6) is 0 Å². The number of aliphatic carboxylic acids is 1. The minimum atomic E-state index is -0.821. The minimum Gasteiger partial charge on any atom is -0.481 e. The summed E-state index contributed by atoms with van der Waals surface area (Å²) >= 11 is 0. The number of nitrogens with one attached hydrogen (secondary N) is 1. The molecule has 2 heterocycles. The Labute approximate surface area is 118 Å². The first-order valence-electron chi connectivity index (χ1n) is 6.82. The van der Waals surface area contributed by atoms with Crippen molar-refractivity contribution >= 4 is 17.0 Å². The number of carboxylic acids is 1. The van der Waals surface area contributed by atoms with Crippen LogP contribution >= 0.6 is 0 Å². The topological polar surface area (TPSA) is 67.2 Å². The molecule has 5 nitrogen and oxygen atoms in total. The SMILES string of the molecule is CCNCc1cn(CC(C)(C)C(=O)O)c2ncccc12. The molecule has 0 aromatic carbocycles. The Balaban J connectivity index is 2.41. The monoisotopic (exact) mass is 275 g/mol. The lowest BCUT2D eigenvalue weighted by atomic mass is 9.94. The zero-order chi connectivity index (χ0) is 14.8. The highest BCUT2D eigenvalue weighted by Crippen LogP contribution is 2.25. The van der Waals surface area contributed by atoms with Crippen molar-refractivity contribution in [1.29, 1.82) is 0 Å². The van der Waals surface area contributed by atoms with Crippen molar-refractivity contribution in [2.24, 2.45) is 5.41 Å². The number of carboxylic acid groups (broad SMARTS) is 1. The van der Waals surface area contributed by atoms with Crippen molar-refractivity contribution in [2.75, 3.05) is 6.54 Å². The number of hydrogen-bond acceptors (Lipinski definition) is 3. The van der Waals surface area contributed by atoms with Crippen LogP contribution in [0.3, 0.4) is 0 Å². The highest BCUT2D eigenvalue weighted by atomic mass is 16.4. The number of nitrogens with zero attached hydrogens (tertiary/aromatic N) is 2. The van der Waals surface area contributed by atoms with Crippen LogP contribution in [0, 0.1) is 5.41 Å². The zero-order valence-electron chi connectivity index (χ0n) is 12.2. The lowest BCUT2D eigenvalue weighted by Crippen LogP contribution is -2.29. The van der Waals surface area contributed by atoms with Gasteiger partial charge in [-0.3, -0.25) is 4.79 Å². The molecule has 2 N–H and O–H groups in total. The summed E-state index contributed by atoms with van der Waals surface area (Å²) in [6.07, 6.45) is 3.74. The van der Waals surface area contributed by atoms with E-state index in [1.807, 2.05) is 22.9 Å². The van der Waals surface area contributed by atoms with Gasteiger partial charge in [-0.05, 0) is 38.1 Å². The van der Waals surface area contributed by atoms with E-state index in [1.54, 1.807) is 20.0 Å². The van der Waals surface area contributed by atoms with Gasteiger partial charge in [0.25, 0.3) is 0 Å². The van der Waals surface area contributed by atoms with Gasteiger partial charge in [0.1, 0.15) is 5.65 Å². The molecule has 0 unspecified atom stereocenters. The second-order valence-electron chi connectivity index (χ2n) is 5.63. The first kappa shape index (κ1) is 14.5. The van der Waals surface area contributed by atoms with Crippen LogP contribution < -0.4 is 5.32 Å². The second kappa shape index (κ2) is 5.63. The zero-order valence-corrected chi connectivity index (χ0v) is 12.2. The highest BCUT2D eigenvalue weighted by Gasteiger charge is 2.28. The summed E-state index contributed by atoms with van der Waals surface area (Å²) in [4.78, 5) is 15.7. The number of rotatable bonds is 6. The molecule has 0 aliphatic heterocycles. The van der Waals surface area contributed by atoms with Gasteiger partial charge in [0.15, 0.2) is 0 Å².